The number of aromatic carboxylic acids is 1. The van der Waals surface area contributed by atoms with Crippen molar-refractivity contribution in [1.82, 2.24) is 4.98 Å². The molecule has 0 unspecified atom stereocenters. The van der Waals surface area contributed by atoms with Gasteiger partial charge in [0.05, 0.1) is 5.00 Å². The first-order valence-electron chi connectivity index (χ1n) is 5.14. The van der Waals surface area contributed by atoms with Crippen LogP contribution in [0.5, 0.6) is 0 Å². The van der Waals surface area contributed by atoms with Crippen molar-refractivity contribution in [2.24, 2.45) is 0 Å². The molecular weight excluding hydrogens is 252 g/mol. The first-order valence-corrected chi connectivity index (χ1v) is 5.95. The second-order valence-electron chi connectivity index (χ2n) is 3.60. The molecule has 0 spiro atoms. The van der Waals surface area contributed by atoms with Crippen molar-refractivity contribution in [1.29, 1.82) is 0 Å². The fourth-order valence-electron chi connectivity index (χ4n) is 1.43. The zero-order chi connectivity index (χ0) is 13.1. The van der Waals surface area contributed by atoms with Gasteiger partial charge < -0.3 is 10.4 Å². The van der Waals surface area contributed by atoms with E-state index < -0.39 is 5.97 Å². The lowest BCUT2D eigenvalue weighted by Gasteiger charge is -2.00. The third-order valence-electron chi connectivity index (χ3n) is 2.25. The SMILES string of the molecule is Cc1cc(NC(=O)c2ccccn2)sc1C(=O)O. The number of hydrogen-bond donors (Lipinski definition) is 2. The molecule has 2 N–H and O–H groups in total. The van der Waals surface area contributed by atoms with Crippen LogP contribution >= 0.6 is 11.3 Å². The van der Waals surface area contributed by atoms with Crippen LogP contribution in [-0.2, 0) is 0 Å². The van der Waals surface area contributed by atoms with Crippen LogP contribution in [0.2, 0.25) is 0 Å². The van der Waals surface area contributed by atoms with Crippen molar-refractivity contribution < 1.29 is 14.7 Å². The molecule has 6 heteroatoms. The quantitative estimate of drug-likeness (QED) is 0.890. The number of carboxylic acids is 1. The first kappa shape index (κ1) is 12.3. The van der Waals surface area contributed by atoms with Gasteiger partial charge in [-0.05, 0) is 30.7 Å². The largest absolute Gasteiger partial charge is 0.477 e. The molecule has 0 aromatic carbocycles. The van der Waals surface area contributed by atoms with Crippen LogP contribution in [0.25, 0.3) is 0 Å². The predicted molar refractivity (Wildman–Crippen MR) is 68.2 cm³/mol. The van der Waals surface area contributed by atoms with Crippen LogP contribution in [0.4, 0.5) is 5.00 Å². The van der Waals surface area contributed by atoms with Crippen molar-refractivity contribution >= 4 is 28.2 Å². The summed E-state index contributed by atoms with van der Waals surface area (Å²) in [4.78, 5) is 26.8. The minimum atomic E-state index is -0.990. The van der Waals surface area contributed by atoms with E-state index in [1.54, 1.807) is 31.2 Å². The lowest BCUT2D eigenvalue weighted by Crippen LogP contribution is -2.12. The van der Waals surface area contributed by atoms with Crippen molar-refractivity contribution in [3.05, 3.63) is 46.6 Å². The highest BCUT2D eigenvalue weighted by Gasteiger charge is 2.14. The molecule has 0 radical (unpaired) electrons. The number of carbonyl (C=O) groups excluding carboxylic acids is 1. The number of aromatic nitrogens is 1. The zero-order valence-electron chi connectivity index (χ0n) is 9.51. The molecule has 0 aliphatic carbocycles. The molecule has 0 saturated heterocycles. The molecule has 1 amide bonds. The van der Waals surface area contributed by atoms with Crippen molar-refractivity contribution in [2.75, 3.05) is 5.32 Å². The van der Waals surface area contributed by atoms with Gasteiger partial charge in [-0.15, -0.1) is 11.3 Å². The molecule has 2 rings (SSSR count). The number of aryl methyl sites for hydroxylation is 1. The molecule has 0 fully saturated rings. The number of pyridine rings is 1. The van der Waals surface area contributed by atoms with Crippen LogP contribution in [0, 0.1) is 6.92 Å². The Balaban J connectivity index is 2.18. The van der Waals surface area contributed by atoms with Crippen LogP contribution < -0.4 is 5.32 Å². The fourth-order valence-corrected chi connectivity index (χ4v) is 2.34. The second-order valence-corrected chi connectivity index (χ2v) is 4.65. The Kier molecular flexibility index (Phi) is 3.38. The minimum Gasteiger partial charge on any atom is -0.477 e. The summed E-state index contributed by atoms with van der Waals surface area (Å²) in [7, 11) is 0. The Hall–Kier alpha value is -2.21. The number of rotatable bonds is 3. The van der Waals surface area contributed by atoms with Gasteiger partial charge in [0.15, 0.2) is 0 Å². The van der Waals surface area contributed by atoms with Gasteiger partial charge in [0.25, 0.3) is 5.91 Å². The van der Waals surface area contributed by atoms with Gasteiger partial charge in [-0.1, -0.05) is 6.07 Å². The maximum Gasteiger partial charge on any atom is 0.346 e. The minimum absolute atomic E-state index is 0.228. The molecule has 2 heterocycles. The van der Waals surface area contributed by atoms with E-state index >= 15 is 0 Å². The highest BCUT2D eigenvalue weighted by molar-refractivity contribution is 7.18. The maximum atomic E-state index is 11.8. The summed E-state index contributed by atoms with van der Waals surface area (Å²) in [6.45, 7) is 1.69. The van der Waals surface area contributed by atoms with Gasteiger partial charge in [0.2, 0.25) is 0 Å². The number of nitrogens with zero attached hydrogens (tertiary/aromatic N) is 1. The summed E-state index contributed by atoms with van der Waals surface area (Å²) in [5.41, 5.74) is 0.921. The van der Waals surface area contributed by atoms with Gasteiger partial charge in [-0.2, -0.15) is 0 Å². The Morgan fingerprint density at radius 1 is 1.39 bits per heavy atom. The summed E-state index contributed by atoms with van der Waals surface area (Å²) in [6.07, 6.45) is 1.53. The molecule has 5 nitrogen and oxygen atoms in total. The molecule has 0 bridgehead atoms. The number of thiophene rings is 1. The Morgan fingerprint density at radius 2 is 2.17 bits per heavy atom. The van der Waals surface area contributed by atoms with E-state index in [1.807, 2.05) is 0 Å². The topological polar surface area (TPSA) is 79.3 Å². The van der Waals surface area contributed by atoms with Gasteiger partial charge in [0, 0.05) is 6.20 Å². The monoisotopic (exact) mass is 262 g/mol. The predicted octanol–water partition coefficient (Wildman–Crippen LogP) is 2.40. The van der Waals surface area contributed by atoms with E-state index in [0.29, 0.717) is 16.3 Å². The van der Waals surface area contributed by atoms with Crippen molar-refractivity contribution in [2.45, 2.75) is 6.92 Å². The molecule has 92 valence electrons. The summed E-state index contributed by atoms with van der Waals surface area (Å²) in [5.74, 6) is -1.34. The van der Waals surface area contributed by atoms with Crippen LogP contribution in [-0.4, -0.2) is 22.0 Å². The van der Waals surface area contributed by atoms with Crippen molar-refractivity contribution in [3.8, 4) is 0 Å². The van der Waals surface area contributed by atoms with Gasteiger partial charge in [0.1, 0.15) is 10.6 Å². The lowest BCUT2D eigenvalue weighted by atomic mass is 10.3. The first-order chi connectivity index (χ1) is 8.58. The average molecular weight is 262 g/mol. The number of nitrogens with one attached hydrogen (secondary N) is 1. The maximum absolute atomic E-state index is 11.8. The standard InChI is InChI=1S/C12H10N2O3S/c1-7-6-9(18-10(7)12(16)17)14-11(15)8-4-2-3-5-13-8/h2-6H,1H3,(H,14,15)(H,16,17). The number of amides is 1. The van der Waals surface area contributed by atoms with E-state index in [-0.39, 0.29) is 10.8 Å². The van der Waals surface area contributed by atoms with E-state index in [1.165, 1.54) is 6.20 Å². The zero-order valence-corrected chi connectivity index (χ0v) is 10.3. The second kappa shape index (κ2) is 4.97. The summed E-state index contributed by atoms with van der Waals surface area (Å²) in [5, 5.41) is 12.0. The molecule has 18 heavy (non-hydrogen) atoms. The highest BCUT2D eigenvalue weighted by Crippen LogP contribution is 2.26. The number of hydrogen-bond acceptors (Lipinski definition) is 4. The van der Waals surface area contributed by atoms with Crippen LogP contribution in [0.1, 0.15) is 25.7 Å². The normalized spacial score (nSPS) is 10.1. The van der Waals surface area contributed by atoms with E-state index in [9.17, 15) is 9.59 Å². The molecule has 0 saturated carbocycles. The molecule has 0 aliphatic rings. The van der Waals surface area contributed by atoms with Crippen LogP contribution in [0.15, 0.2) is 30.5 Å². The Morgan fingerprint density at radius 3 is 2.72 bits per heavy atom. The van der Waals surface area contributed by atoms with E-state index in [4.69, 9.17) is 5.11 Å². The van der Waals surface area contributed by atoms with Gasteiger partial charge >= 0.3 is 5.97 Å². The van der Waals surface area contributed by atoms with E-state index in [0.717, 1.165) is 11.3 Å². The summed E-state index contributed by atoms with van der Waals surface area (Å²) < 4.78 is 0. The van der Waals surface area contributed by atoms with Crippen molar-refractivity contribution in [3.63, 3.8) is 0 Å². The smallest absolute Gasteiger partial charge is 0.346 e. The number of carbonyl (C=O) groups is 2. The van der Waals surface area contributed by atoms with Gasteiger partial charge in [-0.3, -0.25) is 9.78 Å². The lowest BCUT2D eigenvalue weighted by molar-refractivity contribution is 0.0701. The molecule has 0 aliphatic heterocycles. The van der Waals surface area contributed by atoms with Gasteiger partial charge in [-0.25, -0.2) is 4.79 Å². The molecule has 2 aromatic heterocycles. The Bertz CT molecular complexity index is 593. The average Bonchev–Trinajstić information content (AvgIpc) is 2.71. The number of carboxylic acid groups (broad SMARTS) is 1. The molecular formula is C12H10N2O3S. The fraction of sp³-hybridized carbons (Fsp3) is 0.0833. The Labute approximate surface area is 107 Å². The third-order valence-corrected chi connectivity index (χ3v) is 3.39. The van der Waals surface area contributed by atoms with Crippen LogP contribution in [0.3, 0.4) is 0 Å². The summed E-state index contributed by atoms with van der Waals surface area (Å²) >= 11 is 1.03. The highest BCUT2D eigenvalue weighted by atomic mass is 32.1. The molecule has 0 atom stereocenters. The summed E-state index contributed by atoms with van der Waals surface area (Å²) in [6, 6.07) is 6.65. The number of anilines is 1. The molecule has 2 aromatic rings. The van der Waals surface area contributed by atoms with E-state index in [2.05, 4.69) is 10.3 Å². The third kappa shape index (κ3) is 2.54.